The molecule has 0 spiro atoms. The van der Waals surface area contributed by atoms with E-state index in [2.05, 4.69) is 24.3 Å². The van der Waals surface area contributed by atoms with Crippen molar-refractivity contribution in [1.82, 2.24) is 0 Å². The third kappa shape index (κ3) is 2.31. The molecular formula is C14H19NOS. The van der Waals surface area contributed by atoms with Gasteiger partial charge >= 0.3 is 0 Å². The molecular weight excluding hydrogens is 230 g/mol. The summed E-state index contributed by atoms with van der Waals surface area (Å²) in [6.45, 7) is 0.770. The van der Waals surface area contributed by atoms with Crippen molar-refractivity contribution in [2.45, 2.75) is 30.8 Å². The molecule has 0 radical (unpaired) electrons. The SMILES string of the molecule is NCC1(c2ccc(OC3CCSC3)cc2)CC1. The average molecular weight is 249 g/mol. The summed E-state index contributed by atoms with van der Waals surface area (Å²) in [6.07, 6.45) is 4.07. The predicted molar refractivity (Wildman–Crippen MR) is 72.8 cm³/mol. The van der Waals surface area contributed by atoms with Gasteiger partial charge in [0.05, 0.1) is 0 Å². The van der Waals surface area contributed by atoms with Crippen molar-refractivity contribution in [3.63, 3.8) is 0 Å². The summed E-state index contributed by atoms with van der Waals surface area (Å²) in [5.74, 6) is 3.38. The van der Waals surface area contributed by atoms with Crippen LogP contribution in [0.25, 0.3) is 0 Å². The molecule has 1 saturated heterocycles. The first-order valence-corrected chi connectivity index (χ1v) is 7.53. The lowest BCUT2D eigenvalue weighted by Crippen LogP contribution is -2.19. The molecule has 1 unspecified atom stereocenters. The molecule has 1 aliphatic carbocycles. The maximum absolute atomic E-state index is 5.94. The Morgan fingerprint density at radius 1 is 1.29 bits per heavy atom. The standard InChI is InChI=1S/C14H19NOS/c15-10-14(6-7-14)11-1-3-12(4-2-11)16-13-5-8-17-9-13/h1-4,13H,5-10,15H2. The largest absolute Gasteiger partial charge is 0.490 e. The van der Waals surface area contributed by atoms with Gasteiger partial charge in [0.1, 0.15) is 11.9 Å². The Balaban J connectivity index is 1.67. The van der Waals surface area contributed by atoms with E-state index in [9.17, 15) is 0 Å². The zero-order valence-corrected chi connectivity index (χ0v) is 10.8. The minimum Gasteiger partial charge on any atom is -0.490 e. The van der Waals surface area contributed by atoms with Crippen LogP contribution in [-0.4, -0.2) is 24.2 Å². The molecule has 1 aliphatic heterocycles. The highest BCUT2D eigenvalue weighted by Crippen LogP contribution is 2.47. The molecule has 1 saturated carbocycles. The number of benzene rings is 1. The smallest absolute Gasteiger partial charge is 0.119 e. The summed E-state index contributed by atoms with van der Waals surface area (Å²) < 4.78 is 5.94. The Morgan fingerprint density at radius 3 is 2.59 bits per heavy atom. The predicted octanol–water partition coefficient (Wildman–Crippen LogP) is 2.56. The van der Waals surface area contributed by atoms with Gasteiger partial charge in [-0.2, -0.15) is 11.8 Å². The first-order valence-electron chi connectivity index (χ1n) is 6.37. The van der Waals surface area contributed by atoms with E-state index in [0.29, 0.717) is 11.5 Å². The number of ether oxygens (including phenoxy) is 1. The summed E-state index contributed by atoms with van der Waals surface area (Å²) in [6, 6.07) is 8.59. The first-order chi connectivity index (χ1) is 8.32. The minimum atomic E-state index is 0.293. The van der Waals surface area contributed by atoms with E-state index in [0.717, 1.165) is 18.0 Å². The quantitative estimate of drug-likeness (QED) is 0.890. The van der Waals surface area contributed by atoms with Gasteiger partial charge in [0.2, 0.25) is 0 Å². The molecule has 2 nitrogen and oxygen atoms in total. The van der Waals surface area contributed by atoms with Crippen LogP contribution in [0.2, 0.25) is 0 Å². The van der Waals surface area contributed by atoms with Crippen molar-refractivity contribution in [3.05, 3.63) is 29.8 Å². The van der Waals surface area contributed by atoms with Crippen LogP contribution >= 0.6 is 11.8 Å². The summed E-state index contributed by atoms with van der Waals surface area (Å²) in [5, 5.41) is 0. The molecule has 0 amide bonds. The van der Waals surface area contributed by atoms with Crippen molar-refractivity contribution in [3.8, 4) is 5.75 Å². The second-order valence-electron chi connectivity index (χ2n) is 5.11. The minimum absolute atomic E-state index is 0.293. The Labute approximate surface area is 107 Å². The van der Waals surface area contributed by atoms with Crippen molar-refractivity contribution in [1.29, 1.82) is 0 Å². The maximum atomic E-state index is 5.94. The van der Waals surface area contributed by atoms with Crippen molar-refractivity contribution < 1.29 is 4.74 Å². The van der Waals surface area contributed by atoms with E-state index >= 15 is 0 Å². The van der Waals surface area contributed by atoms with Gasteiger partial charge in [-0.3, -0.25) is 0 Å². The van der Waals surface area contributed by atoms with Crippen molar-refractivity contribution in [2.75, 3.05) is 18.1 Å². The summed E-state index contributed by atoms with van der Waals surface area (Å²) in [7, 11) is 0. The fraction of sp³-hybridized carbons (Fsp3) is 0.571. The molecule has 1 atom stereocenters. The molecule has 92 valence electrons. The van der Waals surface area contributed by atoms with E-state index in [-0.39, 0.29) is 0 Å². The molecule has 0 bridgehead atoms. The van der Waals surface area contributed by atoms with Gasteiger partial charge in [-0.05, 0) is 42.7 Å². The molecule has 0 aromatic heterocycles. The summed E-state index contributed by atoms with van der Waals surface area (Å²) >= 11 is 1.98. The van der Waals surface area contributed by atoms with Gasteiger partial charge in [-0.25, -0.2) is 0 Å². The van der Waals surface area contributed by atoms with Gasteiger partial charge in [0.15, 0.2) is 0 Å². The van der Waals surface area contributed by atoms with Crippen LogP contribution in [-0.2, 0) is 5.41 Å². The molecule has 3 rings (SSSR count). The zero-order chi connectivity index (χ0) is 11.7. The highest BCUT2D eigenvalue weighted by molar-refractivity contribution is 7.99. The molecule has 3 heteroatoms. The summed E-state index contributed by atoms with van der Waals surface area (Å²) in [5.41, 5.74) is 7.51. The van der Waals surface area contributed by atoms with Crippen LogP contribution in [0.1, 0.15) is 24.8 Å². The second-order valence-corrected chi connectivity index (χ2v) is 6.26. The third-order valence-corrected chi connectivity index (χ3v) is 5.03. The molecule has 1 aromatic rings. The molecule has 1 aromatic carbocycles. The highest BCUT2D eigenvalue weighted by Gasteiger charge is 2.42. The monoisotopic (exact) mass is 249 g/mol. The van der Waals surface area contributed by atoms with Gasteiger partial charge in [0, 0.05) is 17.7 Å². The van der Waals surface area contributed by atoms with E-state index < -0.39 is 0 Å². The Morgan fingerprint density at radius 2 is 2.06 bits per heavy atom. The molecule has 1 heterocycles. The number of hydrogen-bond acceptors (Lipinski definition) is 3. The van der Waals surface area contributed by atoms with Crippen LogP contribution < -0.4 is 10.5 Å². The van der Waals surface area contributed by atoms with E-state index in [1.54, 1.807) is 0 Å². The number of nitrogens with two attached hydrogens (primary N) is 1. The lowest BCUT2D eigenvalue weighted by molar-refractivity contribution is 0.229. The number of hydrogen-bond donors (Lipinski definition) is 1. The molecule has 2 N–H and O–H groups in total. The van der Waals surface area contributed by atoms with Crippen LogP contribution in [0.15, 0.2) is 24.3 Å². The lowest BCUT2D eigenvalue weighted by Gasteiger charge is -2.15. The van der Waals surface area contributed by atoms with Crippen LogP contribution in [0.4, 0.5) is 0 Å². The van der Waals surface area contributed by atoms with Crippen molar-refractivity contribution >= 4 is 11.8 Å². The fourth-order valence-corrected chi connectivity index (χ4v) is 3.54. The van der Waals surface area contributed by atoms with Crippen LogP contribution in [0.3, 0.4) is 0 Å². The van der Waals surface area contributed by atoms with Gasteiger partial charge < -0.3 is 10.5 Å². The second kappa shape index (κ2) is 4.54. The topological polar surface area (TPSA) is 35.2 Å². The van der Waals surface area contributed by atoms with Gasteiger partial charge in [-0.1, -0.05) is 12.1 Å². The first kappa shape index (κ1) is 11.4. The zero-order valence-electron chi connectivity index (χ0n) is 10.0. The van der Waals surface area contributed by atoms with E-state index in [4.69, 9.17) is 10.5 Å². The van der Waals surface area contributed by atoms with E-state index in [1.807, 2.05) is 11.8 Å². The Kier molecular flexibility index (Phi) is 3.05. The van der Waals surface area contributed by atoms with Crippen LogP contribution in [0, 0.1) is 0 Å². The maximum Gasteiger partial charge on any atom is 0.119 e. The Bertz CT molecular complexity index is 380. The highest BCUT2D eigenvalue weighted by atomic mass is 32.2. The van der Waals surface area contributed by atoms with E-state index in [1.165, 1.54) is 30.6 Å². The van der Waals surface area contributed by atoms with Gasteiger partial charge in [0.25, 0.3) is 0 Å². The third-order valence-electron chi connectivity index (χ3n) is 3.90. The molecule has 2 aliphatic rings. The van der Waals surface area contributed by atoms with Crippen molar-refractivity contribution in [2.24, 2.45) is 5.73 Å². The number of thioether (sulfide) groups is 1. The Hall–Kier alpha value is -0.670. The average Bonchev–Trinajstić information content (AvgIpc) is 3.01. The number of rotatable bonds is 4. The normalized spacial score (nSPS) is 25.8. The summed E-state index contributed by atoms with van der Waals surface area (Å²) in [4.78, 5) is 0. The van der Waals surface area contributed by atoms with Crippen LogP contribution in [0.5, 0.6) is 5.75 Å². The van der Waals surface area contributed by atoms with Gasteiger partial charge in [-0.15, -0.1) is 0 Å². The molecule has 17 heavy (non-hydrogen) atoms. The lowest BCUT2D eigenvalue weighted by atomic mass is 9.96. The molecule has 2 fully saturated rings. The fourth-order valence-electron chi connectivity index (χ4n) is 2.45.